The molecule has 0 heterocycles. The van der Waals surface area contributed by atoms with Crippen LogP contribution < -0.4 is 19.2 Å². The number of sulfonamides is 1. The standard InChI is InChI=1S/C25H26ClN3O5S/c1-17(20-12-13-23(33-2)24(14-20)34-3)27-28-25(30)19-10-8-18(9-11-19)16-29(35(4,31)32)22-7-5-6-21(26)15-22/h5-15H,16H2,1-4H3,(H,28,30)/b27-17+. The fourth-order valence-electron chi connectivity index (χ4n) is 3.28. The van der Waals surface area contributed by atoms with E-state index in [4.69, 9.17) is 21.1 Å². The van der Waals surface area contributed by atoms with Crippen molar-refractivity contribution in [2.24, 2.45) is 5.10 Å². The third-order valence-electron chi connectivity index (χ3n) is 5.17. The van der Waals surface area contributed by atoms with Gasteiger partial charge in [0.15, 0.2) is 11.5 Å². The fraction of sp³-hybridized carbons (Fsp3) is 0.200. The molecule has 0 aromatic heterocycles. The van der Waals surface area contributed by atoms with Crippen molar-refractivity contribution in [3.05, 3.63) is 88.4 Å². The van der Waals surface area contributed by atoms with E-state index >= 15 is 0 Å². The Morgan fingerprint density at radius 3 is 2.23 bits per heavy atom. The Morgan fingerprint density at radius 2 is 1.63 bits per heavy atom. The van der Waals surface area contributed by atoms with E-state index in [2.05, 4.69) is 10.5 Å². The number of rotatable bonds is 9. The zero-order valence-electron chi connectivity index (χ0n) is 19.8. The summed E-state index contributed by atoms with van der Waals surface area (Å²) in [6, 6.07) is 18.6. The summed E-state index contributed by atoms with van der Waals surface area (Å²) < 4.78 is 36.5. The van der Waals surface area contributed by atoms with E-state index in [1.807, 2.05) is 6.07 Å². The number of amides is 1. The average molecular weight is 516 g/mol. The first kappa shape index (κ1) is 26.1. The predicted molar refractivity (Wildman–Crippen MR) is 138 cm³/mol. The minimum Gasteiger partial charge on any atom is -0.493 e. The van der Waals surface area contributed by atoms with Gasteiger partial charge in [-0.25, -0.2) is 13.8 Å². The van der Waals surface area contributed by atoms with Gasteiger partial charge >= 0.3 is 0 Å². The van der Waals surface area contributed by atoms with Crippen LogP contribution in [0, 0.1) is 0 Å². The average Bonchev–Trinajstić information content (AvgIpc) is 2.84. The first-order chi connectivity index (χ1) is 16.6. The van der Waals surface area contributed by atoms with Gasteiger partial charge in [-0.05, 0) is 61.0 Å². The molecule has 0 saturated heterocycles. The van der Waals surface area contributed by atoms with Gasteiger partial charge in [-0.3, -0.25) is 9.10 Å². The Labute approximate surface area is 210 Å². The van der Waals surface area contributed by atoms with Gasteiger partial charge in [0.1, 0.15) is 0 Å². The number of hydrazone groups is 1. The zero-order chi connectivity index (χ0) is 25.6. The molecule has 0 radical (unpaired) electrons. The summed E-state index contributed by atoms with van der Waals surface area (Å²) in [6.07, 6.45) is 1.13. The van der Waals surface area contributed by atoms with Gasteiger partial charge in [-0.1, -0.05) is 29.8 Å². The van der Waals surface area contributed by atoms with Gasteiger partial charge in [0, 0.05) is 16.1 Å². The van der Waals surface area contributed by atoms with E-state index in [0.29, 0.717) is 39.0 Å². The van der Waals surface area contributed by atoms with Gasteiger partial charge < -0.3 is 9.47 Å². The molecule has 0 saturated carbocycles. The smallest absolute Gasteiger partial charge is 0.271 e. The summed E-state index contributed by atoms with van der Waals surface area (Å²) in [4.78, 5) is 12.6. The number of nitrogens with one attached hydrogen (secondary N) is 1. The number of ether oxygens (including phenoxy) is 2. The third-order valence-corrected chi connectivity index (χ3v) is 6.54. The number of nitrogens with zero attached hydrogens (tertiary/aromatic N) is 2. The maximum Gasteiger partial charge on any atom is 0.271 e. The Hall–Kier alpha value is -3.56. The molecule has 35 heavy (non-hydrogen) atoms. The van der Waals surface area contributed by atoms with Crippen LogP contribution in [0.15, 0.2) is 71.8 Å². The molecule has 8 nitrogen and oxygen atoms in total. The second kappa shape index (κ2) is 11.2. The summed E-state index contributed by atoms with van der Waals surface area (Å²) in [5, 5.41) is 4.61. The van der Waals surface area contributed by atoms with Gasteiger partial charge in [0.05, 0.1) is 38.4 Å². The maximum absolute atomic E-state index is 12.6. The number of carbonyl (C=O) groups excluding carboxylic acids is 1. The molecule has 3 aromatic rings. The fourth-order valence-corrected chi connectivity index (χ4v) is 4.35. The van der Waals surface area contributed by atoms with Gasteiger partial charge in [0.25, 0.3) is 5.91 Å². The van der Waals surface area contributed by atoms with Crippen molar-refractivity contribution in [3.63, 3.8) is 0 Å². The number of anilines is 1. The molecule has 0 unspecified atom stereocenters. The number of hydrogen-bond donors (Lipinski definition) is 1. The molecule has 3 rings (SSSR count). The summed E-state index contributed by atoms with van der Waals surface area (Å²) >= 11 is 6.03. The number of methoxy groups -OCH3 is 2. The Balaban J connectivity index is 1.71. The maximum atomic E-state index is 12.6. The zero-order valence-corrected chi connectivity index (χ0v) is 21.4. The largest absolute Gasteiger partial charge is 0.493 e. The first-order valence-electron chi connectivity index (χ1n) is 10.5. The summed E-state index contributed by atoms with van der Waals surface area (Å²) in [5.41, 5.74) is 5.43. The normalized spacial score (nSPS) is 11.6. The molecule has 0 atom stereocenters. The first-order valence-corrected chi connectivity index (χ1v) is 12.7. The van der Waals surface area contributed by atoms with Crippen molar-refractivity contribution < 1.29 is 22.7 Å². The molecular weight excluding hydrogens is 490 g/mol. The molecule has 1 N–H and O–H groups in total. The summed E-state index contributed by atoms with van der Waals surface area (Å²) in [6.45, 7) is 1.86. The SMILES string of the molecule is COc1ccc(/C(C)=N/NC(=O)c2ccc(CN(c3cccc(Cl)c3)S(C)(=O)=O)cc2)cc1OC. The Bertz CT molecular complexity index is 1340. The molecule has 0 fully saturated rings. The van der Waals surface area contributed by atoms with Crippen LogP contribution in [0.25, 0.3) is 0 Å². The van der Waals surface area contributed by atoms with Crippen molar-refractivity contribution in [1.29, 1.82) is 0 Å². The van der Waals surface area contributed by atoms with E-state index in [9.17, 15) is 13.2 Å². The lowest BCUT2D eigenvalue weighted by Gasteiger charge is -2.22. The quantitative estimate of drug-likeness (QED) is 0.335. The van der Waals surface area contributed by atoms with Gasteiger partial charge in [0.2, 0.25) is 10.0 Å². The van der Waals surface area contributed by atoms with E-state index in [1.54, 1.807) is 81.8 Å². The van der Waals surface area contributed by atoms with Crippen LogP contribution in [0.4, 0.5) is 5.69 Å². The number of benzene rings is 3. The highest BCUT2D eigenvalue weighted by Gasteiger charge is 2.18. The monoisotopic (exact) mass is 515 g/mol. The van der Waals surface area contributed by atoms with Crippen LogP contribution >= 0.6 is 11.6 Å². The second-order valence-electron chi connectivity index (χ2n) is 7.65. The number of hydrogen-bond acceptors (Lipinski definition) is 6. The minimum absolute atomic E-state index is 0.0949. The molecule has 1 amide bonds. The molecule has 0 spiro atoms. The summed E-state index contributed by atoms with van der Waals surface area (Å²) in [5.74, 6) is 0.756. The third kappa shape index (κ3) is 6.74. The van der Waals surface area contributed by atoms with Crippen molar-refractivity contribution in [2.75, 3.05) is 24.8 Å². The lowest BCUT2D eigenvalue weighted by Crippen LogP contribution is -2.29. The second-order valence-corrected chi connectivity index (χ2v) is 10.00. The Morgan fingerprint density at radius 1 is 0.971 bits per heavy atom. The van der Waals surface area contributed by atoms with Crippen molar-refractivity contribution in [1.82, 2.24) is 5.43 Å². The topological polar surface area (TPSA) is 97.3 Å². The van der Waals surface area contributed by atoms with Crippen LogP contribution in [0.5, 0.6) is 11.5 Å². The predicted octanol–water partition coefficient (Wildman–Crippen LogP) is 4.48. The van der Waals surface area contributed by atoms with Crippen molar-refractivity contribution >= 4 is 38.9 Å². The highest BCUT2D eigenvalue weighted by molar-refractivity contribution is 7.92. The molecule has 0 aliphatic carbocycles. The molecule has 184 valence electrons. The molecule has 0 aliphatic heterocycles. The highest BCUT2D eigenvalue weighted by Crippen LogP contribution is 2.28. The molecular formula is C25H26ClN3O5S. The number of carbonyl (C=O) groups is 1. The van der Waals surface area contributed by atoms with Gasteiger partial charge in [-0.2, -0.15) is 5.10 Å². The van der Waals surface area contributed by atoms with Crippen molar-refractivity contribution in [2.45, 2.75) is 13.5 Å². The van der Waals surface area contributed by atoms with E-state index < -0.39 is 15.9 Å². The molecule has 10 heteroatoms. The lowest BCUT2D eigenvalue weighted by atomic mass is 10.1. The summed E-state index contributed by atoms with van der Waals surface area (Å²) in [7, 11) is -0.452. The van der Waals surface area contributed by atoms with Crippen LogP contribution in [0.3, 0.4) is 0 Å². The van der Waals surface area contributed by atoms with E-state index in [1.165, 1.54) is 4.31 Å². The van der Waals surface area contributed by atoms with Crippen LogP contribution in [0.2, 0.25) is 5.02 Å². The van der Waals surface area contributed by atoms with Gasteiger partial charge in [-0.15, -0.1) is 0 Å². The molecule has 0 bridgehead atoms. The Kier molecular flexibility index (Phi) is 8.37. The molecule has 0 aliphatic rings. The van der Waals surface area contributed by atoms with Crippen LogP contribution in [0.1, 0.15) is 28.4 Å². The van der Waals surface area contributed by atoms with Crippen LogP contribution in [-0.4, -0.2) is 40.5 Å². The van der Waals surface area contributed by atoms with E-state index in [0.717, 1.165) is 11.8 Å². The number of halogens is 1. The van der Waals surface area contributed by atoms with Crippen LogP contribution in [-0.2, 0) is 16.6 Å². The highest BCUT2D eigenvalue weighted by atomic mass is 35.5. The van der Waals surface area contributed by atoms with E-state index in [-0.39, 0.29) is 6.54 Å². The lowest BCUT2D eigenvalue weighted by molar-refractivity contribution is 0.0955. The minimum atomic E-state index is -3.55. The van der Waals surface area contributed by atoms with Crippen molar-refractivity contribution in [3.8, 4) is 11.5 Å². The molecule has 3 aromatic carbocycles.